The van der Waals surface area contributed by atoms with Crippen molar-refractivity contribution in [3.8, 4) is 0 Å². The first-order chi connectivity index (χ1) is 12.1. The minimum absolute atomic E-state index is 0. The molecule has 0 aliphatic carbocycles. The number of hydrogen-bond donors (Lipinski definition) is 2. The Balaban J connectivity index is 0.00000182. The van der Waals surface area contributed by atoms with E-state index in [1.54, 1.807) is 0 Å². The van der Waals surface area contributed by atoms with Gasteiger partial charge in [0, 0.05) is 32.7 Å². The molecule has 1 aromatic carbocycles. The van der Waals surface area contributed by atoms with Crippen molar-refractivity contribution < 1.29 is 4.79 Å². The molecule has 5 nitrogen and oxygen atoms in total. The van der Waals surface area contributed by atoms with Crippen molar-refractivity contribution in [1.82, 2.24) is 20.4 Å². The van der Waals surface area contributed by atoms with E-state index in [0.717, 1.165) is 64.2 Å². The summed E-state index contributed by atoms with van der Waals surface area (Å²) in [4.78, 5) is 17.8. The van der Waals surface area contributed by atoms with Crippen LogP contribution < -0.4 is 10.6 Å². The van der Waals surface area contributed by atoms with Gasteiger partial charge in [0.15, 0.2) is 0 Å². The average molecular weight is 417 g/mol. The van der Waals surface area contributed by atoms with Gasteiger partial charge in [-0.2, -0.15) is 0 Å². The maximum absolute atomic E-state index is 13.1. The second-order valence-electron chi connectivity index (χ2n) is 7.93. The van der Waals surface area contributed by atoms with Crippen LogP contribution in [0.1, 0.15) is 31.4 Å². The molecule has 1 unspecified atom stereocenters. The van der Waals surface area contributed by atoms with Crippen molar-refractivity contribution in [2.24, 2.45) is 5.41 Å². The van der Waals surface area contributed by atoms with Gasteiger partial charge in [-0.3, -0.25) is 9.69 Å². The van der Waals surface area contributed by atoms with E-state index < -0.39 is 0 Å². The second-order valence-corrected chi connectivity index (χ2v) is 7.93. The van der Waals surface area contributed by atoms with Gasteiger partial charge >= 0.3 is 0 Å². The summed E-state index contributed by atoms with van der Waals surface area (Å²) < 4.78 is 0. The van der Waals surface area contributed by atoms with E-state index in [1.807, 2.05) is 18.2 Å². The fourth-order valence-electron chi connectivity index (χ4n) is 3.85. The summed E-state index contributed by atoms with van der Waals surface area (Å²) in [5, 5.41) is 6.68. The van der Waals surface area contributed by atoms with Crippen molar-refractivity contribution in [3.63, 3.8) is 0 Å². The molecule has 2 saturated heterocycles. The average Bonchev–Trinajstić information content (AvgIpc) is 2.64. The monoisotopic (exact) mass is 416 g/mol. The van der Waals surface area contributed by atoms with E-state index in [-0.39, 0.29) is 42.2 Å². The van der Waals surface area contributed by atoms with Crippen LogP contribution in [0.4, 0.5) is 0 Å². The predicted molar refractivity (Wildman–Crippen MR) is 116 cm³/mol. The molecule has 0 saturated carbocycles. The Hall–Kier alpha value is -0.850. The molecule has 2 aliphatic rings. The van der Waals surface area contributed by atoms with Crippen molar-refractivity contribution in [2.45, 2.75) is 25.8 Å². The summed E-state index contributed by atoms with van der Waals surface area (Å²) in [6.45, 7) is 9.06. The maximum Gasteiger partial charge on any atom is 0.241 e. The minimum Gasteiger partial charge on any atom is -0.354 e. The third-order valence-corrected chi connectivity index (χ3v) is 5.77. The Bertz CT molecular complexity index is 558. The molecule has 2 aliphatic heterocycles. The smallest absolute Gasteiger partial charge is 0.241 e. The molecule has 0 spiro atoms. The summed E-state index contributed by atoms with van der Waals surface area (Å²) in [6, 6.07) is 10.0. The zero-order valence-corrected chi connectivity index (χ0v) is 18.1. The summed E-state index contributed by atoms with van der Waals surface area (Å²) in [5.74, 6) is 0.149. The molecule has 1 atom stereocenters. The van der Waals surface area contributed by atoms with Crippen LogP contribution in [0.2, 0.25) is 0 Å². The number of carbonyl (C=O) groups excluding carboxylic acids is 1. The van der Waals surface area contributed by atoms with Crippen LogP contribution in [0.5, 0.6) is 0 Å². The first-order valence-corrected chi connectivity index (χ1v) is 9.53. The molecule has 2 fully saturated rings. The van der Waals surface area contributed by atoms with Gasteiger partial charge in [-0.1, -0.05) is 37.3 Å². The second kappa shape index (κ2) is 11.2. The van der Waals surface area contributed by atoms with Crippen LogP contribution in [0.3, 0.4) is 0 Å². The highest BCUT2D eigenvalue weighted by molar-refractivity contribution is 5.85. The molecule has 2 heterocycles. The molecule has 0 aromatic heterocycles. The van der Waals surface area contributed by atoms with Crippen LogP contribution in [0.15, 0.2) is 30.3 Å². The van der Waals surface area contributed by atoms with Crippen LogP contribution >= 0.6 is 24.8 Å². The van der Waals surface area contributed by atoms with Crippen LogP contribution in [0.25, 0.3) is 0 Å². The number of nitrogens with one attached hydrogen (secondary N) is 2. The molecule has 1 amide bonds. The standard InChI is InChI=1S/C20H32N4O.2ClH/c1-20(8-10-21-11-9-20)16-22-19(25)18(17-6-4-3-5-7-17)24-14-12-23(2)13-15-24;;/h3-7,18,21H,8-16H2,1-2H3,(H,22,25);2*1H. The van der Waals surface area contributed by atoms with Gasteiger partial charge in [0.2, 0.25) is 5.91 Å². The first-order valence-electron chi connectivity index (χ1n) is 9.53. The zero-order valence-electron chi connectivity index (χ0n) is 16.4. The highest BCUT2D eigenvalue weighted by Gasteiger charge is 2.32. The third-order valence-electron chi connectivity index (χ3n) is 5.77. The van der Waals surface area contributed by atoms with Crippen molar-refractivity contribution in [1.29, 1.82) is 0 Å². The van der Waals surface area contributed by atoms with Crippen LogP contribution in [-0.4, -0.2) is 68.6 Å². The van der Waals surface area contributed by atoms with E-state index >= 15 is 0 Å². The molecular formula is C20H34Cl2N4O. The highest BCUT2D eigenvalue weighted by atomic mass is 35.5. The molecule has 1 aromatic rings. The normalized spacial score (nSPS) is 21.4. The molecule has 0 bridgehead atoms. The predicted octanol–water partition coefficient (Wildman–Crippen LogP) is 2.32. The number of hydrogen-bond acceptors (Lipinski definition) is 4. The third kappa shape index (κ3) is 6.61. The number of carbonyl (C=O) groups is 1. The quantitative estimate of drug-likeness (QED) is 0.772. The first kappa shape index (κ1) is 24.2. The van der Waals surface area contributed by atoms with Gasteiger partial charge in [0.1, 0.15) is 6.04 Å². The fraction of sp³-hybridized carbons (Fsp3) is 0.650. The summed E-state index contributed by atoms with van der Waals surface area (Å²) >= 11 is 0. The summed E-state index contributed by atoms with van der Waals surface area (Å²) in [7, 11) is 2.15. The Labute approximate surface area is 176 Å². The molecular weight excluding hydrogens is 383 g/mol. The largest absolute Gasteiger partial charge is 0.354 e. The molecule has 7 heteroatoms. The van der Waals surface area contributed by atoms with Gasteiger partial charge in [0.25, 0.3) is 0 Å². The topological polar surface area (TPSA) is 47.6 Å². The van der Waals surface area contributed by atoms with Gasteiger partial charge < -0.3 is 15.5 Å². The summed E-state index contributed by atoms with van der Waals surface area (Å²) in [5.41, 5.74) is 1.31. The SMILES string of the molecule is CN1CCN(C(C(=O)NCC2(C)CCNCC2)c2ccccc2)CC1.Cl.Cl. The van der Waals surface area contributed by atoms with Gasteiger partial charge in [-0.15, -0.1) is 24.8 Å². The van der Waals surface area contributed by atoms with Crippen molar-refractivity contribution in [2.75, 3.05) is 52.9 Å². The number of halogens is 2. The highest BCUT2D eigenvalue weighted by Crippen LogP contribution is 2.28. The van der Waals surface area contributed by atoms with E-state index in [9.17, 15) is 4.79 Å². The van der Waals surface area contributed by atoms with Crippen LogP contribution in [-0.2, 0) is 4.79 Å². The Morgan fingerprint density at radius 3 is 2.30 bits per heavy atom. The van der Waals surface area contributed by atoms with E-state index in [1.165, 1.54) is 0 Å². The van der Waals surface area contributed by atoms with Gasteiger partial charge in [0.05, 0.1) is 0 Å². The van der Waals surface area contributed by atoms with E-state index in [2.05, 4.69) is 46.5 Å². The maximum atomic E-state index is 13.1. The molecule has 2 N–H and O–H groups in total. The minimum atomic E-state index is -0.180. The molecule has 3 rings (SSSR count). The number of amides is 1. The Morgan fingerprint density at radius 2 is 1.70 bits per heavy atom. The number of benzene rings is 1. The lowest BCUT2D eigenvalue weighted by Gasteiger charge is -2.39. The number of likely N-dealkylation sites (N-methyl/N-ethyl adjacent to an activating group) is 1. The Morgan fingerprint density at radius 1 is 1.11 bits per heavy atom. The van der Waals surface area contributed by atoms with E-state index in [0.29, 0.717) is 0 Å². The lowest BCUT2D eigenvalue weighted by atomic mass is 9.81. The van der Waals surface area contributed by atoms with E-state index in [4.69, 9.17) is 0 Å². The Kier molecular flexibility index (Phi) is 10.1. The van der Waals surface area contributed by atoms with Gasteiger partial charge in [-0.25, -0.2) is 0 Å². The summed E-state index contributed by atoms with van der Waals surface area (Å²) in [6.07, 6.45) is 2.25. The molecule has 154 valence electrons. The van der Waals surface area contributed by atoms with Crippen molar-refractivity contribution in [3.05, 3.63) is 35.9 Å². The zero-order chi connectivity index (χ0) is 17.7. The lowest BCUT2D eigenvalue weighted by molar-refractivity contribution is -0.128. The molecule has 27 heavy (non-hydrogen) atoms. The number of piperazine rings is 1. The van der Waals surface area contributed by atoms with Crippen molar-refractivity contribution >= 4 is 30.7 Å². The number of piperidine rings is 1. The van der Waals surface area contributed by atoms with Gasteiger partial charge in [-0.05, 0) is 44.0 Å². The van der Waals surface area contributed by atoms with Crippen LogP contribution in [0, 0.1) is 5.41 Å². The number of rotatable bonds is 5. The lowest BCUT2D eigenvalue weighted by Crippen LogP contribution is -2.51. The number of nitrogens with zero attached hydrogens (tertiary/aromatic N) is 2. The fourth-order valence-corrected chi connectivity index (χ4v) is 3.85. The molecule has 0 radical (unpaired) electrons.